The molecule has 8 aromatic carbocycles. The van der Waals surface area contributed by atoms with E-state index in [1.54, 1.807) is 0 Å². The molecule has 0 radical (unpaired) electrons. The summed E-state index contributed by atoms with van der Waals surface area (Å²) in [5, 5.41) is 9.54. The lowest BCUT2D eigenvalue weighted by Gasteiger charge is -2.27. The Morgan fingerprint density at radius 3 is 2.11 bits per heavy atom. The highest BCUT2D eigenvalue weighted by Crippen LogP contribution is 2.41. The third-order valence-electron chi connectivity index (χ3n) is 10.2. The van der Waals surface area contributed by atoms with Gasteiger partial charge in [-0.2, -0.15) is 0 Å². The Hall–Kier alpha value is -6.68. The van der Waals surface area contributed by atoms with E-state index < -0.39 is 0 Å². The van der Waals surface area contributed by atoms with Crippen molar-refractivity contribution in [3.05, 3.63) is 200 Å². The second kappa shape index (κ2) is 12.8. The Bertz CT molecular complexity index is 3080. The zero-order valence-electron chi connectivity index (χ0n) is 28.9. The highest BCUT2D eigenvalue weighted by molar-refractivity contribution is 7.25. The van der Waals surface area contributed by atoms with Crippen molar-refractivity contribution in [2.75, 3.05) is 4.90 Å². The highest BCUT2D eigenvalue weighted by Gasteiger charge is 2.17. The summed E-state index contributed by atoms with van der Waals surface area (Å²) in [5.41, 5.74) is 8.46. The predicted molar refractivity (Wildman–Crippen MR) is 229 cm³/mol. The number of anilines is 2. The molecule has 0 N–H and O–H groups in total. The van der Waals surface area contributed by atoms with Gasteiger partial charge in [-0.15, -0.1) is 11.3 Å². The molecule has 0 saturated carbocycles. The number of thiophene rings is 1. The fraction of sp³-hybridized carbons (Fsp3) is 0. The second-order valence-electron chi connectivity index (χ2n) is 13.4. The van der Waals surface area contributed by atoms with Crippen molar-refractivity contribution >= 4 is 92.4 Å². The molecular weight excluding hydrogens is 663 g/mol. The predicted octanol–water partition coefficient (Wildman–Crippen LogP) is 14.8. The third kappa shape index (κ3) is 5.42. The molecule has 2 nitrogen and oxygen atoms in total. The molecule has 0 atom stereocenters. The molecule has 3 heteroatoms. The van der Waals surface area contributed by atoms with E-state index in [4.69, 9.17) is 4.42 Å². The lowest BCUT2D eigenvalue weighted by Crippen LogP contribution is -2.15. The van der Waals surface area contributed by atoms with Crippen LogP contribution in [0.15, 0.2) is 199 Å². The molecule has 0 saturated heterocycles. The van der Waals surface area contributed by atoms with Crippen molar-refractivity contribution in [2.45, 2.75) is 0 Å². The first kappa shape index (κ1) is 31.1. The van der Waals surface area contributed by atoms with Gasteiger partial charge in [0.2, 0.25) is 0 Å². The summed E-state index contributed by atoms with van der Waals surface area (Å²) in [6, 6.07) is 58.8. The Morgan fingerprint density at radius 2 is 1.26 bits per heavy atom. The van der Waals surface area contributed by atoms with Crippen molar-refractivity contribution in [1.82, 2.24) is 0 Å². The van der Waals surface area contributed by atoms with E-state index in [0.717, 1.165) is 50.0 Å². The van der Waals surface area contributed by atoms with Gasteiger partial charge in [0.1, 0.15) is 11.2 Å². The molecule has 0 fully saturated rings. The minimum Gasteiger partial charge on any atom is -0.455 e. The van der Waals surface area contributed by atoms with Crippen molar-refractivity contribution < 1.29 is 4.42 Å². The molecular formula is C50H33NOS. The fourth-order valence-corrected chi connectivity index (χ4v) is 8.79. The Balaban J connectivity index is 1.15. The Morgan fingerprint density at radius 1 is 0.547 bits per heavy atom. The first-order valence-corrected chi connectivity index (χ1v) is 18.7. The topological polar surface area (TPSA) is 16.4 Å². The normalized spacial score (nSPS) is 12.3. The van der Waals surface area contributed by atoms with Crippen LogP contribution in [-0.2, 0) is 0 Å². The summed E-state index contributed by atoms with van der Waals surface area (Å²) in [4.78, 5) is 2.35. The molecule has 10 rings (SSSR count). The van der Waals surface area contributed by atoms with Gasteiger partial charge < -0.3 is 9.32 Å². The van der Waals surface area contributed by atoms with Crippen LogP contribution in [0.3, 0.4) is 0 Å². The van der Waals surface area contributed by atoms with E-state index in [-0.39, 0.29) is 0 Å². The average molecular weight is 696 g/mol. The standard InChI is InChI=1S/C50H33NOS/c1-2-3-14-38(30-33-20-28-47-45(31-33)44-27-23-35-12-5-7-16-42(35)50(44)52-47)51(39-26-29-49-46(32-39)43-17-8-9-19-48(43)53-49)37-24-21-36(22-25-37)41-18-10-13-34-11-4-6-15-40(34)41/h2-32H,1H2/b14-3-,38-30-. The first-order chi connectivity index (χ1) is 26.2. The zero-order valence-corrected chi connectivity index (χ0v) is 29.7. The van der Waals surface area contributed by atoms with Crippen LogP contribution in [-0.4, -0.2) is 0 Å². The van der Waals surface area contributed by atoms with Crippen molar-refractivity contribution in [2.24, 2.45) is 0 Å². The fourth-order valence-electron chi connectivity index (χ4n) is 7.70. The molecule has 0 aliphatic heterocycles. The maximum absolute atomic E-state index is 6.46. The molecule has 0 amide bonds. The van der Waals surface area contributed by atoms with E-state index in [1.165, 1.54) is 47.5 Å². The number of benzene rings is 8. The average Bonchev–Trinajstić information content (AvgIpc) is 3.78. The van der Waals surface area contributed by atoms with E-state index in [1.807, 2.05) is 23.5 Å². The monoisotopic (exact) mass is 695 g/mol. The molecule has 250 valence electrons. The van der Waals surface area contributed by atoms with Crippen molar-refractivity contribution in [1.29, 1.82) is 0 Å². The van der Waals surface area contributed by atoms with Gasteiger partial charge in [0.05, 0.1) is 0 Å². The zero-order chi connectivity index (χ0) is 35.3. The lowest BCUT2D eigenvalue weighted by molar-refractivity contribution is 0.672. The summed E-state index contributed by atoms with van der Waals surface area (Å²) in [7, 11) is 0. The van der Waals surface area contributed by atoms with Gasteiger partial charge in [-0.1, -0.05) is 128 Å². The smallest absolute Gasteiger partial charge is 0.143 e. The summed E-state index contributed by atoms with van der Waals surface area (Å²) >= 11 is 1.84. The SMILES string of the molecule is C=C/C=C\C(=C\c1ccc2oc3c4ccccc4ccc3c2c1)N(c1ccc(-c2cccc3ccccc23)cc1)c1ccc2sc3ccccc3c2c1. The Labute approximate surface area is 311 Å². The summed E-state index contributed by atoms with van der Waals surface area (Å²) in [5.74, 6) is 0. The van der Waals surface area contributed by atoms with Crippen LogP contribution < -0.4 is 4.90 Å². The first-order valence-electron chi connectivity index (χ1n) is 17.9. The molecule has 0 unspecified atom stereocenters. The number of hydrogen-bond acceptors (Lipinski definition) is 3. The molecule has 0 spiro atoms. The number of furan rings is 1. The molecule has 0 bridgehead atoms. The van der Waals surface area contributed by atoms with Gasteiger partial charge in [-0.3, -0.25) is 0 Å². The molecule has 53 heavy (non-hydrogen) atoms. The number of nitrogens with zero attached hydrogens (tertiary/aromatic N) is 1. The molecule has 10 aromatic rings. The number of fused-ring (bicyclic) bond motifs is 9. The number of rotatable bonds is 7. The van der Waals surface area contributed by atoms with E-state index in [9.17, 15) is 0 Å². The number of allylic oxidation sites excluding steroid dienone is 3. The van der Waals surface area contributed by atoms with Crippen molar-refractivity contribution in [3.63, 3.8) is 0 Å². The quantitative estimate of drug-likeness (QED) is 0.154. The van der Waals surface area contributed by atoms with Crippen LogP contribution in [0, 0.1) is 0 Å². The summed E-state index contributed by atoms with van der Waals surface area (Å²) in [6.45, 7) is 4.03. The van der Waals surface area contributed by atoms with Crippen molar-refractivity contribution in [3.8, 4) is 11.1 Å². The van der Waals surface area contributed by atoms with Crippen LogP contribution in [0.2, 0.25) is 0 Å². The molecule has 0 aliphatic carbocycles. The lowest BCUT2D eigenvalue weighted by atomic mass is 9.98. The van der Waals surface area contributed by atoms with Crippen LogP contribution in [0.5, 0.6) is 0 Å². The summed E-state index contributed by atoms with van der Waals surface area (Å²) < 4.78 is 9.03. The van der Waals surface area contributed by atoms with Gasteiger partial charge in [-0.05, 0) is 99.6 Å². The number of hydrogen-bond donors (Lipinski definition) is 0. The maximum atomic E-state index is 6.46. The minimum atomic E-state index is 0.882. The minimum absolute atomic E-state index is 0.882. The van der Waals surface area contributed by atoms with Crippen LogP contribution in [0.25, 0.3) is 80.9 Å². The second-order valence-corrected chi connectivity index (χ2v) is 14.5. The van der Waals surface area contributed by atoms with Gasteiger partial charge in [0, 0.05) is 53.4 Å². The van der Waals surface area contributed by atoms with E-state index in [0.29, 0.717) is 0 Å². The van der Waals surface area contributed by atoms with Gasteiger partial charge in [0.25, 0.3) is 0 Å². The molecule has 2 heterocycles. The van der Waals surface area contributed by atoms with Crippen LogP contribution in [0.1, 0.15) is 5.56 Å². The van der Waals surface area contributed by atoms with E-state index >= 15 is 0 Å². The highest BCUT2D eigenvalue weighted by atomic mass is 32.1. The molecule has 0 aliphatic rings. The molecule has 2 aromatic heterocycles. The van der Waals surface area contributed by atoms with Crippen LogP contribution in [0.4, 0.5) is 11.4 Å². The van der Waals surface area contributed by atoms with E-state index in [2.05, 4.69) is 187 Å². The third-order valence-corrected chi connectivity index (χ3v) is 11.4. The van der Waals surface area contributed by atoms with Crippen LogP contribution >= 0.6 is 11.3 Å². The maximum Gasteiger partial charge on any atom is 0.143 e. The summed E-state index contributed by atoms with van der Waals surface area (Å²) in [6.07, 6.45) is 8.25. The van der Waals surface area contributed by atoms with Gasteiger partial charge in [0.15, 0.2) is 0 Å². The van der Waals surface area contributed by atoms with Gasteiger partial charge in [-0.25, -0.2) is 0 Å². The van der Waals surface area contributed by atoms with Gasteiger partial charge >= 0.3 is 0 Å². The largest absolute Gasteiger partial charge is 0.455 e. The Kier molecular flexibility index (Phi) is 7.52.